The monoisotopic (exact) mass is 474 g/mol. The fourth-order valence-corrected chi connectivity index (χ4v) is 4.65. The molecule has 0 aliphatic carbocycles. The second-order valence-electron chi connectivity index (χ2n) is 8.43. The minimum Gasteiger partial charge on any atom is -0.497 e. The van der Waals surface area contributed by atoms with Gasteiger partial charge >= 0.3 is 0 Å². The van der Waals surface area contributed by atoms with Gasteiger partial charge in [-0.25, -0.2) is 0 Å². The average Bonchev–Trinajstić information content (AvgIpc) is 2.90. The van der Waals surface area contributed by atoms with Crippen molar-refractivity contribution >= 4 is 11.8 Å². The van der Waals surface area contributed by atoms with Gasteiger partial charge in [-0.1, -0.05) is 36.4 Å². The zero-order valence-corrected chi connectivity index (χ0v) is 20.4. The number of rotatable bonds is 8. The maximum Gasteiger partial charge on any atom is 0.254 e. The van der Waals surface area contributed by atoms with E-state index in [-0.39, 0.29) is 11.8 Å². The number of nitrogens with one attached hydrogen (secondary N) is 1. The Kier molecular flexibility index (Phi) is 7.25. The highest BCUT2D eigenvalue weighted by atomic mass is 16.5. The molecule has 0 saturated heterocycles. The Balaban J connectivity index is 1.59. The molecule has 0 unspecified atom stereocenters. The van der Waals surface area contributed by atoms with Crippen molar-refractivity contribution in [1.29, 1.82) is 0 Å². The van der Waals surface area contributed by atoms with Crippen LogP contribution in [0.1, 0.15) is 39.0 Å². The molecule has 1 heterocycles. The number of nitrogens with zero attached hydrogens (tertiary/aromatic N) is 1. The van der Waals surface area contributed by atoms with E-state index in [1.54, 1.807) is 39.3 Å². The Hall–Kier alpha value is -4.00. The first kappa shape index (κ1) is 24.1. The summed E-state index contributed by atoms with van der Waals surface area (Å²) in [6.07, 6.45) is 0.627. The maximum absolute atomic E-state index is 13.6. The molecule has 0 bridgehead atoms. The molecule has 0 fully saturated rings. The van der Waals surface area contributed by atoms with E-state index in [2.05, 4.69) is 5.32 Å². The third kappa shape index (κ3) is 4.80. The number of hydrogen-bond acceptors (Lipinski definition) is 5. The van der Waals surface area contributed by atoms with Crippen molar-refractivity contribution in [3.63, 3.8) is 0 Å². The highest BCUT2D eigenvalue weighted by Crippen LogP contribution is 2.42. The summed E-state index contributed by atoms with van der Waals surface area (Å²) in [4.78, 5) is 28.4. The van der Waals surface area contributed by atoms with Crippen molar-refractivity contribution in [2.75, 3.05) is 34.9 Å². The Bertz CT molecular complexity index is 1210. The predicted molar refractivity (Wildman–Crippen MR) is 133 cm³/mol. The van der Waals surface area contributed by atoms with E-state index in [0.717, 1.165) is 22.4 Å². The predicted octanol–water partition coefficient (Wildman–Crippen LogP) is 3.98. The van der Waals surface area contributed by atoms with Gasteiger partial charge in [-0.3, -0.25) is 9.59 Å². The zero-order chi connectivity index (χ0) is 24.9. The Morgan fingerprint density at radius 2 is 1.63 bits per heavy atom. The lowest BCUT2D eigenvalue weighted by Crippen LogP contribution is -2.45. The smallest absolute Gasteiger partial charge is 0.254 e. The van der Waals surface area contributed by atoms with Gasteiger partial charge < -0.3 is 24.4 Å². The molecular weight excluding hydrogens is 444 g/mol. The van der Waals surface area contributed by atoms with E-state index in [1.807, 2.05) is 60.7 Å². The summed E-state index contributed by atoms with van der Waals surface area (Å²) in [5, 5.41) is 3.09. The number of carbonyl (C=O) groups is 2. The molecule has 2 atom stereocenters. The van der Waals surface area contributed by atoms with Gasteiger partial charge in [0, 0.05) is 19.2 Å². The van der Waals surface area contributed by atoms with Gasteiger partial charge in [0.2, 0.25) is 5.91 Å². The number of carbonyl (C=O) groups excluding carboxylic acids is 2. The molecule has 1 aliphatic rings. The summed E-state index contributed by atoms with van der Waals surface area (Å²) in [7, 11) is 6.55. The highest BCUT2D eigenvalue weighted by molar-refractivity contribution is 6.01. The van der Waals surface area contributed by atoms with Crippen molar-refractivity contribution in [3.8, 4) is 17.2 Å². The third-order valence-corrected chi connectivity index (χ3v) is 6.48. The minimum absolute atomic E-state index is 0.101. The van der Waals surface area contributed by atoms with Gasteiger partial charge in [-0.2, -0.15) is 0 Å². The van der Waals surface area contributed by atoms with E-state index in [4.69, 9.17) is 14.2 Å². The first-order valence-electron chi connectivity index (χ1n) is 11.5. The van der Waals surface area contributed by atoms with E-state index in [9.17, 15) is 9.59 Å². The lowest BCUT2D eigenvalue weighted by molar-refractivity contribution is -0.124. The van der Waals surface area contributed by atoms with Gasteiger partial charge in [0.15, 0.2) is 11.5 Å². The number of fused-ring (bicyclic) bond motifs is 1. The summed E-state index contributed by atoms with van der Waals surface area (Å²) in [6, 6.07) is 20.1. The molecule has 0 saturated carbocycles. The SMILES string of the molecule is COc1ccc([C@H]2[C@H](C(=O)NCCc3ccc(OC)c(OC)c3)c3ccccc3C(=O)N2C)cc1. The molecule has 3 aromatic carbocycles. The largest absolute Gasteiger partial charge is 0.497 e. The van der Waals surface area contributed by atoms with Crippen molar-refractivity contribution in [2.24, 2.45) is 0 Å². The molecule has 3 aromatic rings. The van der Waals surface area contributed by atoms with Crippen LogP contribution in [0.4, 0.5) is 0 Å². The van der Waals surface area contributed by atoms with Crippen LogP contribution in [0.15, 0.2) is 66.7 Å². The third-order valence-electron chi connectivity index (χ3n) is 6.48. The molecular formula is C28H30N2O5. The van der Waals surface area contributed by atoms with Gasteiger partial charge in [0.05, 0.1) is 33.3 Å². The van der Waals surface area contributed by atoms with Gasteiger partial charge in [0.25, 0.3) is 5.91 Å². The van der Waals surface area contributed by atoms with Crippen LogP contribution in [0.5, 0.6) is 17.2 Å². The summed E-state index contributed by atoms with van der Waals surface area (Å²) in [6.45, 7) is 0.444. The number of likely N-dealkylation sites (N-methyl/N-ethyl adjacent to an activating group) is 1. The summed E-state index contributed by atoms with van der Waals surface area (Å²) < 4.78 is 16.0. The molecule has 7 heteroatoms. The Labute approximate surface area is 205 Å². The lowest BCUT2D eigenvalue weighted by Gasteiger charge is -2.39. The fourth-order valence-electron chi connectivity index (χ4n) is 4.65. The molecule has 182 valence electrons. The van der Waals surface area contributed by atoms with Crippen LogP contribution in [-0.4, -0.2) is 51.6 Å². The molecule has 0 radical (unpaired) electrons. The van der Waals surface area contributed by atoms with Crippen molar-refractivity contribution in [1.82, 2.24) is 10.2 Å². The number of amides is 2. The second kappa shape index (κ2) is 10.5. The highest BCUT2D eigenvalue weighted by Gasteiger charge is 2.42. The molecule has 7 nitrogen and oxygen atoms in total. The van der Waals surface area contributed by atoms with E-state index in [0.29, 0.717) is 30.0 Å². The van der Waals surface area contributed by atoms with E-state index >= 15 is 0 Å². The molecule has 0 aromatic heterocycles. The number of benzene rings is 3. The average molecular weight is 475 g/mol. The Morgan fingerprint density at radius 1 is 0.914 bits per heavy atom. The molecule has 2 amide bonds. The zero-order valence-electron chi connectivity index (χ0n) is 20.4. The van der Waals surface area contributed by atoms with Crippen LogP contribution in [0.3, 0.4) is 0 Å². The molecule has 35 heavy (non-hydrogen) atoms. The topological polar surface area (TPSA) is 77.1 Å². The quantitative estimate of drug-likeness (QED) is 0.534. The van der Waals surface area contributed by atoms with Crippen molar-refractivity contribution in [3.05, 3.63) is 89.0 Å². The summed E-state index contributed by atoms with van der Waals surface area (Å²) >= 11 is 0. The van der Waals surface area contributed by atoms with E-state index < -0.39 is 12.0 Å². The minimum atomic E-state index is -0.548. The normalized spacial score (nSPS) is 16.9. The molecule has 1 aliphatic heterocycles. The van der Waals surface area contributed by atoms with Gasteiger partial charge in [-0.15, -0.1) is 0 Å². The van der Waals surface area contributed by atoms with Crippen molar-refractivity contribution in [2.45, 2.75) is 18.4 Å². The van der Waals surface area contributed by atoms with Crippen LogP contribution in [0.2, 0.25) is 0 Å². The van der Waals surface area contributed by atoms with Crippen LogP contribution in [-0.2, 0) is 11.2 Å². The van der Waals surface area contributed by atoms with E-state index in [1.165, 1.54) is 0 Å². The summed E-state index contributed by atoms with van der Waals surface area (Å²) in [5.74, 6) is 1.25. The van der Waals surface area contributed by atoms with Crippen molar-refractivity contribution < 1.29 is 23.8 Å². The second-order valence-corrected chi connectivity index (χ2v) is 8.43. The molecule has 0 spiro atoms. The molecule has 1 N–H and O–H groups in total. The molecule has 4 rings (SSSR count). The van der Waals surface area contributed by atoms with Crippen LogP contribution < -0.4 is 19.5 Å². The lowest BCUT2D eigenvalue weighted by atomic mass is 9.79. The maximum atomic E-state index is 13.6. The van der Waals surface area contributed by atoms with Crippen LogP contribution >= 0.6 is 0 Å². The first-order valence-corrected chi connectivity index (χ1v) is 11.5. The summed E-state index contributed by atoms with van der Waals surface area (Å²) in [5.41, 5.74) is 3.18. The van der Waals surface area contributed by atoms with Gasteiger partial charge in [-0.05, 0) is 53.4 Å². The van der Waals surface area contributed by atoms with Crippen LogP contribution in [0.25, 0.3) is 0 Å². The van der Waals surface area contributed by atoms with Crippen LogP contribution in [0, 0.1) is 0 Å². The Morgan fingerprint density at radius 3 is 2.31 bits per heavy atom. The van der Waals surface area contributed by atoms with Gasteiger partial charge in [0.1, 0.15) is 5.75 Å². The number of hydrogen-bond donors (Lipinski definition) is 1. The number of methoxy groups -OCH3 is 3. The fraction of sp³-hybridized carbons (Fsp3) is 0.286. The standard InChI is InChI=1S/C28H30N2O5/c1-30-26(19-10-12-20(33-2)13-11-19)25(21-7-5-6-8-22(21)28(30)32)27(31)29-16-15-18-9-14-23(34-3)24(17-18)35-4/h5-14,17,25-26H,15-16H2,1-4H3,(H,29,31)/t25-,26+/m1/s1. The number of ether oxygens (including phenoxy) is 3. The first-order chi connectivity index (χ1) is 17.0.